The predicted molar refractivity (Wildman–Crippen MR) is 88.8 cm³/mol. The van der Waals surface area contributed by atoms with Crippen molar-refractivity contribution in [2.75, 3.05) is 0 Å². The highest BCUT2D eigenvalue weighted by atomic mass is 28.3. The summed E-state index contributed by atoms with van der Waals surface area (Å²) in [5.41, 5.74) is 7.79. The van der Waals surface area contributed by atoms with E-state index in [4.69, 9.17) is 0 Å². The summed E-state index contributed by atoms with van der Waals surface area (Å²) in [5.74, 6) is 3.14. The Morgan fingerprint density at radius 1 is 1.00 bits per heavy atom. The zero-order valence-corrected chi connectivity index (χ0v) is 14.8. The van der Waals surface area contributed by atoms with Gasteiger partial charge in [-0.2, -0.15) is 0 Å². The van der Waals surface area contributed by atoms with E-state index in [1.165, 1.54) is 12.1 Å². The summed E-state index contributed by atoms with van der Waals surface area (Å²) in [5, 5.41) is 0. The van der Waals surface area contributed by atoms with E-state index in [9.17, 15) is 4.39 Å². The summed E-state index contributed by atoms with van der Waals surface area (Å²) < 4.78 is 13.0. The van der Waals surface area contributed by atoms with Crippen LogP contribution in [0.3, 0.4) is 0 Å². The first-order valence-electron chi connectivity index (χ1n) is 6.59. The van der Waals surface area contributed by atoms with Crippen LogP contribution in [0.4, 0.5) is 4.39 Å². The highest BCUT2D eigenvalue weighted by Gasteiger charge is 2.13. The Kier molecular flexibility index (Phi) is 4.94. The lowest BCUT2D eigenvalue weighted by atomic mass is 10.1. The predicted octanol–water partition coefficient (Wildman–Crippen LogP) is 4.97. The third kappa shape index (κ3) is 6.56. The lowest BCUT2D eigenvalue weighted by molar-refractivity contribution is 0.627. The van der Waals surface area contributed by atoms with Gasteiger partial charge in [-0.15, -0.1) is 5.54 Å². The first-order valence-corrected chi connectivity index (χ1v) is 13.7. The molecule has 3 heteroatoms. The fourth-order valence-corrected chi connectivity index (χ4v) is 3.12. The Hall–Kier alpha value is -1.12. The van der Waals surface area contributed by atoms with E-state index < -0.39 is 16.1 Å². The van der Waals surface area contributed by atoms with Gasteiger partial charge >= 0.3 is 0 Å². The molecule has 0 spiro atoms. The Morgan fingerprint density at radius 2 is 1.53 bits per heavy atom. The fraction of sp³-hybridized carbons (Fsp3) is 0.375. The molecule has 0 bridgehead atoms. The van der Waals surface area contributed by atoms with Gasteiger partial charge in [0.25, 0.3) is 0 Å². The van der Waals surface area contributed by atoms with Gasteiger partial charge in [0.2, 0.25) is 0 Å². The van der Waals surface area contributed by atoms with Gasteiger partial charge in [-0.3, -0.25) is 0 Å². The first kappa shape index (κ1) is 15.9. The van der Waals surface area contributed by atoms with Crippen LogP contribution in [0.1, 0.15) is 5.56 Å². The van der Waals surface area contributed by atoms with E-state index in [1.807, 2.05) is 12.1 Å². The summed E-state index contributed by atoms with van der Waals surface area (Å²) in [6.45, 7) is 13.6. The van der Waals surface area contributed by atoms with Crippen molar-refractivity contribution in [3.05, 3.63) is 41.3 Å². The second kappa shape index (κ2) is 5.89. The molecule has 0 aliphatic carbocycles. The van der Waals surface area contributed by atoms with Crippen LogP contribution in [0.25, 0.3) is 5.57 Å². The maximum atomic E-state index is 13.0. The zero-order chi connectivity index (χ0) is 14.7. The van der Waals surface area contributed by atoms with Gasteiger partial charge in [-0.1, -0.05) is 63.0 Å². The van der Waals surface area contributed by atoms with E-state index in [0.717, 1.165) is 11.1 Å². The average molecular weight is 291 g/mol. The molecule has 0 aromatic heterocycles. The fourth-order valence-electron chi connectivity index (χ4n) is 1.51. The smallest absolute Gasteiger partial charge is 0.129 e. The van der Waals surface area contributed by atoms with Crippen molar-refractivity contribution in [3.8, 4) is 11.5 Å². The van der Waals surface area contributed by atoms with Gasteiger partial charge in [0.05, 0.1) is 8.07 Å². The minimum atomic E-state index is -1.40. The molecule has 0 saturated carbocycles. The quantitative estimate of drug-likeness (QED) is 0.533. The number of halogens is 1. The van der Waals surface area contributed by atoms with Crippen LogP contribution in [0.2, 0.25) is 39.3 Å². The zero-order valence-electron chi connectivity index (χ0n) is 12.8. The molecule has 0 atom stereocenters. The van der Waals surface area contributed by atoms with E-state index >= 15 is 0 Å². The molecule has 0 aliphatic rings. The monoisotopic (exact) mass is 290 g/mol. The Morgan fingerprint density at radius 3 is 1.95 bits per heavy atom. The number of benzene rings is 1. The average Bonchev–Trinajstić information content (AvgIpc) is 2.23. The molecule has 0 saturated heterocycles. The van der Waals surface area contributed by atoms with Crippen LogP contribution in [0.5, 0.6) is 0 Å². The van der Waals surface area contributed by atoms with Crippen molar-refractivity contribution in [3.63, 3.8) is 0 Å². The standard InChI is InChI=1S/C16H23FSi2/c1-18(2,3)12-11-15(13-19(4,5)6)14-7-9-16(17)10-8-14/h7-10,13H,1-6H3/b15-13+. The highest BCUT2D eigenvalue weighted by molar-refractivity contribution is 6.84. The topological polar surface area (TPSA) is 0 Å². The minimum Gasteiger partial charge on any atom is -0.207 e. The molecule has 1 rings (SSSR count). The van der Waals surface area contributed by atoms with Crippen LogP contribution < -0.4 is 0 Å². The van der Waals surface area contributed by atoms with Crippen molar-refractivity contribution in [2.24, 2.45) is 0 Å². The van der Waals surface area contributed by atoms with Gasteiger partial charge in [0, 0.05) is 5.57 Å². The normalized spacial score (nSPS) is 12.9. The van der Waals surface area contributed by atoms with Gasteiger partial charge in [0.1, 0.15) is 13.9 Å². The molecule has 0 unspecified atom stereocenters. The van der Waals surface area contributed by atoms with Gasteiger partial charge in [-0.25, -0.2) is 4.39 Å². The second-order valence-electron chi connectivity index (χ2n) is 6.93. The van der Waals surface area contributed by atoms with Crippen molar-refractivity contribution in [1.29, 1.82) is 0 Å². The number of allylic oxidation sites excluding steroid dienone is 1. The maximum absolute atomic E-state index is 13.0. The van der Waals surface area contributed by atoms with Crippen molar-refractivity contribution in [1.82, 2.24) is 0 Å². The highest BCUT2D eigenvalue weighted by Crippen LogP contribution is 2.18. The third-order valence-corrected chi connectivity index (χ3v) is 4.33. The van der Waals surface area contributed by atoms with Crippen LogP contribution >= 0.6 is 0 Å². The first-order chi connectivity index (χ1) is 8.57. The lowest BCUT2D eigenvalue weighted by Gasteiger charge is -2.12. The van der Waals surface area contributed by atoms with E-state index in [-0.39, 0.29) is 5.82 Å². The Balaban J connectivity index is 3.24. The number of rotatable bonds is 2. The third-order valence-electron chi connectivity index (χ3n) is 2.30. The van der Waals surface area contributed by atoms with Crippen LogP contribution in [-0.2, 0) is 0 Å². The molecule has 0 fully saturated rings. The van der Waals surface area contributed by atoms with Gasteiger partial charge < -0.3 is 0 Å². The van der Waals surface area contributed by atoms with E-state index in [1.54, 1.807) is 0 Å². The molecule has 1 aromatic carbocycles. The van der Waals surface area contributed by atoms with Crippen molar-refractivity contribution < 1.29 is 4.39 Å². The summed E-state index contributed by atoms with van der Waals surface area (Å²) in [6.07, 6.45) is 0. The molecule has 0 heterocycles. The van der Waals surface area contributed by atoms with Crippen LogP contribution in [-0.4, -0.2) is 16.1 Å². The van der Waals surface area contributed by atoms with Crippen LogP contribution in [0.15, 0.2) is 30.0 Å². The summed E-state index contributed by atoms with van der Waals surface area (Å²) in [4.78, 5) is 0. The SMILES string of the molecule is C[Si](C)(C)C#C/C(=C\[Si](C)(C)C)c1ccc(F)cc1. The second-order valence-corrected chi connectivity index (χ2v) is 16.7. The molecule has 0 amide bonds. The largest absolute Gasteiger partial charge is 0.207 e. The maximum Gasteiger partial charge on any atom is 0.129 e. The molecule has 102 valence electrons. The van der Waals surface area contributed by atoms with Crippen molar-refractivity contribution >= 4 is 21.7 Å². The minimum absolute atomic E-state index is 0.200. The molecule has 0 radical (unpaired) electrons. The van der Waals surface area contributed by atoms with Crippen molar-refractivity contribution in [2.45, 2.75) is 39.3 Å². The molecular formula is C16H23FSi2. The molecule has 1 aromatic rings. The van der Waals surface area contributed by atoms with Gasteiger partial charge in [-0.05, 0) is 17.7 Å². The van der Waals surface area contributed by atoms with E-state index in [0.29, 0.717) is 0 Å². The summed E-state index contributed by atoms with van der Waals surface area (Å²) in [6, 6.07) is 6.65. The van der Waals surface area contributed by atoms with E-state index in [2.05, 4.69) is 56.4 Å². The molecule has 19 heavy (non-hydrogen) atoms. The summed E-state index contributed by atoms with van der Waals surface area (Å²) >= 11 is 0. The lowest BCUT2D eigenvalue weighted by Crippen LogP contribution is -2.18. The Bertz CT molecular complexity index is 517. The molecule has 0 aliphatic heterocycles. The molecule has 0 nitrogen and oxygen atoms in total. The number of hydrogen-bond donors (Lipinski definition) is 0. The molecular weight excluding hydrogens is 267 g/mol. The van der Waals surface area contributed by atoms with Crippen LogP contribution in [0, 0.1) is 17.3 Å². The van der Waals surface area contributed by atoms with Gasteiger partial charge in [0.15, 0.2) is 0 Å². The summed E-state index contributed by atoms with van der Waals surface area (Å²) in [7, 11) is -2.76. The Labute approximate surface area is 118 Å². The molecule has 0 N–H and O–H groups in total. The number of hydrogen-bond acceptors (Lipinski definition) is 0.